The number of phenolic OH excluding ortho intramolecular Hbond substituents is 1. The number of nitrogens with two attached hydrogens (primary N) is 1. The largest absolute Gasteiger partial charge is 0.508 e. The van der Waals surface area contributed by atoms with Gasteiger partial charge >= 0.3 is 5.97 Å². The van der Waals surface area contributed by atoms with Gasteiger partial charge in [-0.3, -0.25) is 9.59 Å². The van der Waals surface area contributed by atoms with Crippen LogP contribution in [0.25, 0.3) is 0 Å². The Hall–Kier alpha value is -3.10. The molecule has 8 nitrogen and oxygen atoms in total. The number of aliphatic carboxylic acids is 1. The summed E-state index contributed by atoms with van der Waals surface area (Å²) >= 11 is 6.13. The van der Waals surface area contributed by atoms with E-state index in [1.165, 1.54) is 30.3 Å². The van der Waals surface area contributed by atoms with Crippen molar-refractivity contribution in [2.24, 2.45) is 5.73 Å². The molecule has 0 spiro atoms. The molecule has 9 heteroatoms. The van der Waals surface area contributed by atoms with Gasteiger partial charge in [0.25, 0.3) is 11.8 Å². The molecule has 0 aliphatic heterocycles. The third kappa shape index (κ3) is 6.48. The Kier molecular flexibility index (Phi) is 7.99. The first kappa shape index (κ1) is 22.2. The van der Waals surface area contributed by atoms with Gasteiger partial charge < -0.3 is 26.6 Å². The predicted molar refractivity (Wildman–Crippen MR) is 108 cm³/mol. The topological polar surface area (TPSA) is 142 Å². The number of carbonyl (C=O) groups is 3. The number of hydrogen-bond acceptors (Lipinski definition) is 5. The van der Waals surface area contributed by atoms with Crippen LogP contribution in [0.4, 0.5) is 0 Å². The van der Waals surface area contributed by atoms with Crippen LogP contribution in [0.1, 0.15) is 39.1 Å². The Morgan fingerprint density at radius 3 is 2.48 bits per heavy atom. The number of carboxylic acids is 1. The van der Waals surface area contributed by atoms with Crippen molar-refractivity contribution in [3.8, 4) is 5.75 Å². The fourth-order valence-corrected chi connectivity index (χ4v) is 2.87. The Balaban J connectivity index is 2.03. The number of rotatable bonds is 9. The number of halogens is 1. The first-order valence-corrected chi connectivity index (χ1v) is 9.29. The molecule has 0 unspecified atom stereocenters. The highest BCUT2D eigenvalue weighted by Crippen LogP contribution is 2.19. The van der Waals surface area contributed by atoms with E-state index in [-0.39, 0.29) is 34.9 Å². The second-order valence-electron chi connectivity index (χ2n) is 6.34. The minimum absolute atomic E-state index is 0.0236. The van der Waals surface area contributed by atoms with Crippen LogP contribution in [0.15, 0.2) is 42.5 Å². The van der Waals surface area contributed by atoms with E-state index < -0.39 is 23.8 Å². The highest BCUT2D eigenvalue weighted by molar-refractivity contribution is 6.34. The zero-order valence-corrected chi connectivity index (χ0v) is 16.3. The highest BCUT2D eigenvalue weighted by atomic mass is 35.5. The number of hydrogen-bond donors (Lipinski definition) is 5. The molecule has 0 saturated carbocycles. The normalized spacial score (nSPS) is 11.5. The maximum Gasteiger partial charge on any atom is 0.326 e. The first-order chi connectivity index (χ1) is 13.8. The average molecular weight is 420 g/mol. The summed E-state index contributed by atoms with van der Waals surface area (Å²) in [5.74, 6) is -2.12. The SMILES string of the molecule is NCCC[C@H](NC(=O)c1ccc(C(=O)NCc2cccc(O)c2)cc1Cl)C(=O)O. The smallest absolute Gasteiger partial charge is 0.326 e. The Morgan fingerprint density at radius 2 is 1.86 bits per heavy atom. The van der Waals surface area contributed by atoms with Gasteiger partial charge in [0, 0.05) is 12.1 Å². The molecule has 0 aromatic heterocycles. The second-order valence-corrected chi connectivity index (χ2v) is 6.75. The summed E-state index contributed by atoms with van der Waals surface area (Å²) in [7, 11) is 0. The number of carbonyl (C=O) groups excluding carboxylic acids is 2. The van der Waals surface area contributed by atoms with Crippen molar-refractivity contribution in [3.05, 3.63) is 64.2 Å². The lowest BCUT2D eigenvalue weighted by atomic mass is 10.1. The first-order valence-electron chi connectivity index (χ1n) is 8.91. The molecule has 154 valence electrons. The maximum atomic E-state index is 12.4. The molecule has 2 aromatic rings. The van der Waals surface area contributed by atoms with E-state index in [2.05, 4.69) is 10.6 Å². The standard InChI is InChI=1S/C20H22ClN3O5/c21-16-10-13(18(26)23-11-12-3-1-4-14(25)9-12)6-7-15(16)19(27)24-17(20(28)29)5-2-8-22/h1,3-4,6-7,9-10,17,25H,2,5,8,11,22H2,(H,23,26)(H,24,27)(H,28,29)/t17-/m0/s1. The Labute approximate surface area is 172 Å². The van der Waals surface area contributed by atoms with Gasteiger partial charge in [-0.2, -0.15) is 0 Å². The van der Waals surface area contributed by atoms with Crippen LogP contribution in [0.2, 0.25) is 5.02 Å². The van der Waals surface area contributed by atoms with E-state index in [9.17, 15) is 24.6 Å². The van der Waals surface area contributed by atoms with E-state index in [1.807, 2.05) is 0 Å². The van der Waals surface area contributed by atoms with Gasteiger partial charge in [0.15, 0.2) is 0 Å². The molecule has 0 saturated heterocycles. The lowest BCUT2D eigenvalue weighted by Gasteiger charge is -2.15. The molecule has 0 radical (unpaired) electrons. The molecule has 6 N–H and O–H groups in total. The molecule has 2 amide bonds. The summed E-state index contributed by atoms with van der Waals surface area (Å²) in [5.41, 5.74) is 6.41. The van der Waals surface area contributed by atoms with Crippen molar-refractivity contribution in [1.82, 2.24) is 10.6 Å². The zero-order valence-electron chi connectivity index (χ0n) is 15.5. The molecule has 29 heavy (non-hydrogen) atoms. The molecule has 1 atom stereocenters. The Bertz CT molecular complexity index is 903. The van der Waals surface area contributed by atoms with Gasteiger partial charge in [-0.1, -0.05) is 23.7 Å². The molecular weight excluding hydrogens is 398 g/mol. The number of amides is 2. The van der Waals surface area contributed by atoms with Crippen molar-refractivity contribution in [1.29, 1.82) is 0 Å². The maximum absolute atomic E-state index is 12.4. The molecular formula is C20H22ClN3O5. The molecule has 2 aromatic carbocycles. The lowest BCUT2D eigenvalue weighted by Crippen LogP contribution is -2.41. The van der Waals surface area contributed by atoms with Crippen LogP contribution in [0, 0.1) is 0 Å². The number of nitrogens with one attached hydrogen (secondary N) is 2. The number of aromatic hydroxyl groups is 1. The predicted octanol–water partition coefficient (Wildman–Crippen LogP) is 1.90. The molecule has 0 fully saturated rings. The highest BCUT2D eigenvalue weighted by Gasteiger charge is 2.22. The van der Waals surface area contributed by atoms with E-state index >= 15 is 0 Å². The van der Waals surface area contributed by atoms with Crippen molar-refractivity contribution in [3.63, 3.8) is 0 Å². The molecule has 2 rings (SSSR count). The quantitative estimate of drug-likeness (QED) is 0.420. The molecule has 0 heterocycles. The summed E-state index contributed by atoms with van der Waals surface area (Å²) in [4.78, 5) is 35.9. The average Bonchev–Trinajstić information content (AvgIpc) is 2.68. The van der Waals surface area contributed by atoms with Crippen LogP contribution >= 0.6 is 11.6 Å². The fraction of sp³-hybridized carbons (Fsp3) is 0.250. The summed E-state index contributed by atoms with van der Waals surface area (Å²) in [6.07, 6.45) is 0.647. The third-order valence-electron chi connectivity index (χ3n) is 4.14. The summed E-state index contributed by atoms with van der Waals surface area (Å²) in [5, 5.41) is 23.8. The number of benzene rings is 2. The third-order valence-corrected chi connectivity index (χ3v) is 4.45. The van der Waals surface area contributed by atoms with Crippen LogP contribution < -0.4 is 16.4 Å². The Morgan fingerprint density at radius 1 is 1.10 bits per heavy atom. The zero-order chi connectivity index (χ0) is 21.4. The summed E-state index contributed by atoms with van der Waals surface area (Å²) in [6, 6.07) is 9.53. The molecule has 0 bridgehead atoms. The van der Waals surface area contributed by atoms with Gasteiger partial charge in [-0.05, 0) is 55.3 Å². The number of carboxylic acid groups (broad SMARTS) is 1. The van der Waals surface area contributed by atoms with Crippen molar-refractivity contribution in [2.45, 2.75) is 25.4 Å². The van der Waals surface area contributed by atoms with E-state index in [0.29, 0.717) is 13.0 Å². The van der Waals surface area contributed by atoms with Crippen LogP contribution in [0.5, 0.6) is 5.75 Å². The summed E-state index contributed by atoms with van der Waals surface area (Å²) in [6.45, 7) is 0.515. The minimum atomic E-state index is -1.16. The fourth-order valence-electron chi connectivity index (χ4n) is 2.61. The minimum Gasteiger partial charge on any atom is -0.508 e. The van der Waals surface area contributed by atoms with Crippen LogP contribution in [-0.4, -0.2) is 40.6 Å². The van der Waals surface area contributed by atoms with E-state index in [0.717, 1.165) is 5.56 Å². The number of phenols is 1. The second kappa shape index (κ2) is 10.4. The van der Waals surface area contributed by atoms with Gasteiger partial charge in [0.1, 0.15) is 11.8 Å². The van der Waals surface area contributed by atoms with Gasteiger partial charge in [-0.25, -0.2) is 4.79 Å². The van der Waals surface area contributed by atoms with Crippen LogP contribution in [0.3, 0.4) is 0 Å². The van der Waals surface area contributed by atoms with E-state index in [4.69, 9.17) is 17.3 Å². The van der Waals surface area contributed by atoms with Gasteiger partial charge in [0.2, 0.25) is 0 Å². The van der Waals surface area contributed by atoms with Gasteiger partial charge in [-0.15, -0.1) is 0 Å². The van der Waals surface area contributed by atoms with Crippen molar-refractivity contribution < 1.29 is 24.6 Å². The van der Waals surface area contributed by atoms with Crippen molar-refractivity contribution in [2.75, 3.05) is 6.54 Å². The molecule has 0 aliphatic carbocycles. The lowest BCUT2D eigenvalue weighted by molar-refractivity contribution is -0.139. The van der Waals surface area contributed by atoms with Crippen LogP contribution in [-0.2, 0) is 11.3 Å². The summed E-state index contributed by atoms with van der Waals surface area (Å²) < 4.78 is 0. The van der Waals surface area contributed by atoms with Crippen molar-refractivity contribution >= 4 is 29.4 Å². The molecule has 0 aliphatic rings. The monoisotopic (exact) mass is 419 g/mol. The van der Waals surface area contributed by atoms with Gasteiger partial charge in [0.05, 0.1) is 10.6 Å². The van der Waals surface area contributed by atoms with E-state index in [1.54, 1.807) is 12.1 Å².